The normalized spacial score (nSPS) is 29.5. The first kappa shape index (κ1) is 14.9. The molecule has 102 valence electrons. The summed E-state index contributed by atoms with van der Waals surface area (Å²) in [4.78, 5) is 0. The highest BCUT2D eigenvalue weighted by atomic mass is 16.6. The maximum absolute atomic E-state index is 5.76. The minimum Gasteiger partial charge on any atom is -0.379 e. The predicted octanol–water partition coefficient (Wildman–Crippen LogP) is 2.01. The predicted molar refractivity (Wildman–Crippen MR) is 66.3 cm³/mol. The molecule has 1 atom stereocenters. The summed E-state index contributed by atoms with van der Waals surface area (Å²) in [5.41, 5.74) is -0.135. The molecule has 0 radical (unpaired) electrons. The second-order valence-electron chi connectivity index (χ2n) is 5.05. The van der Waals surface area contributed by atoms with E-state index in [2.05, 4.69) is 20.8 Å². The molecule has 1 rings (SSSR count). The van der Waals surface area contributed by atoms with Crippen LogP contribution in [0, 0.1) is 0 Å². The van der Waals surface area contributed by atoms with E-state index in [9.17, 15) is 0 Å². The van der Waals surface area contributed by atoms with Gasteiger partial charge in [0, 0.05) is 13.2 Å². The summed E-state index contributed by atoms with van der Waals surface area (Å²) in [6, 6.07) is 0. The van der Waals surface area contributed by atoms with Crippen LogP contribution >= 0.6 is 0 Å². The number of rotatable bonds is 0. The van der Waals surface area contributed by atoms with E-state index < -0.39 is 0 Å². The van der Waals surface area contributed by atoms with Crippen molar-refractivity contribution in [2.75, 3.05) is 39.6 Å². The van der Waals surface area contributed by atoms with Gasteiger partial charge in [-0.05, 0) is 33.6 Å². The molecule has 0 spiro atoms. The van der Waals surface area contributed by atoms with Crippen LogP contribution in [0.15, 0.2) is 0 Å². The lowest BCUT2D eigenvalue weighted by atomic mass is 10.1. The van der Waals surface area contributed by atoms with Crippen molar-refractivity contribution in [3.05, 3.63) is 0 Å². The SMILES string of the molecule is CC1CCOCCOCCOC(C)(C)CCO1. The van der Waals surface area contributed by atoms with E-state index in [1.807, 2.05) is 0 Å². The monoisotopic (exact) mass is 246 g/mol. The Morgan fingerprint density at radius 2 is 1.53 bits per heavy atom. The highest BCUT2D eigenvalue weighted by Crippen LogP contribution is 2.15. The van der Waals surface area contributed by atoms with Crippen LogP contribution in [0.2, 0.25) is 0 Å². The zero-order chi connectivity index (χ0) is 12.6. The van der Waals surface area contributed by atoms with Gasteiger partial charge in [-0.3, -0.25) is 0 Å². The molecule has 1 aliphatic rings. The molecule has 0 amide bonds. The highest BCUT2D eigenvalue weighted by Gasteiger charge is 2.18. The van der Waals surface area contributed by atoms with Crippen molar-refractivity contribution in [1.29, 1.82) is 0 Å². The lowest BCUT2D eigenvalue weighted by molar-refractivity contribution is -0.0784. The largest absolute Gasteiger partial charge is 0.379 e. The third-order valence-electron chi connectivity index (χ3n) is 2.87. The van der Waals surface area contributed by atoms with Crippen LogP contribution in [0.1, 0.15) is 33.6 Å². The summed E-state index contributed by atoms with van der Waals surface area (Å²) >= 11 is 0. The molecule has 0 saturated carbocycles. The van der Waals surface area contributed by atoms with Gasteiger partial charge in [-0.15, -0.1) is 0 Å². The quantitative estimate of drug-likeness (QED) is 0.655. The topological polar surface area (TPSA) is 36.9 Å². The van der Waals surface area contributed by atoms with E-state index in [0.29, 0.717) is 26.4 Å². The minimum atomic E-state index is -0.135. The molecule has 4 nitrogen and oxygen atoms in total. The fourth-order valence-electron chi connectivity index (χ4n) is 1.61. The van der Waals surface area contributed by atoms with Crippen molar-refractivity contribution in [3.63, 3.8) is 0 Å². The van der Waals surface area contributed by atoms with Gasteiger partial charge in [0.1, 0.15) is 0 Å². The standard InChI is InChI=1S/C13H26O4/c1-12-4-6-14-8-9-15-10-11-17-13(2,3)5-7-16-12/h12H,4-11H2,1-3H3. The van der Waals surface area contributed by atoms with Crippen molar-refractivity contribution in [1.82, 2.24) is 0 Å². The molecule has 0 aliphatic carbocycles. The average molecular weight is 246 g/mol. The van der Waals surface area contributed by atoms with Crippen LogP contribution in [0.5, 0.6) is 0 Å². The maximum atomic E-state index is 5.76. The lowest BCUT2D eigenvalue weighted by Crippen LogP contribution is -2.29. The van der Waals surface area contributed by atoms with E-state index in [1.165, 1.54) is 0 Å². The first-order chi connectivity index (χ1) is 8.10. The Morgan fingerprint density at radius 3 is 2.29 bits per heavy atom. The Balaban J connectivity index is 2.31. The van der Waals surface area contributed by atoms with Crippen LogP contribution in [0.3, 0.4) is 0 Å². The summed E-state index contributed by atoms with van der Waals surface area (Å²) < 4.78 is 22.4. The second-order valence-corrected chi connectivity index (χ2v) is 5.05. The Labute approximate surface area is 105 Å². The molecular weight excluding hydrogens is 220 g/mol. The van der Waals surface area contributed by atoms with Gasteiger partial charge < -0.3 is 18.9 Å². The molecule has 0 N–H and O–H groups in total. The Hall–Kier alpha value is -0.160. The van der Waals surface area contributed by atoms with E-state index in [-0.39, 0.29) is 11.7 Å². The van der Waals surface area contributed by atoms with Gasteiger partial charge in [0.25, 0.3) is 0 Å². The molecule has 0 aromatic heterocycles. The van der Waals surface area contributed by atoms with Gasteiger partial charge >= 0.3 is 0 Å². The molecule has 0 aromatic rings. The first-order valence-corrected chi connectivity index (χ1v) is 6.51. The molecule has 1 heterocycles. The molecule has 0 aromatic carbocycles. The molecule has 4 heteroatoms. The van der Waals surface area contributed by atoms with Crippen LogP contribution in [-0.4, -0.2) is 51.3 Å². The maximum Gasteiger partial charge on any atom is 0.0707 e. The highest BCUT2D eigenvalue weighted by molar-refractivity contribution is 4.68. The van der Waals surface area contributed by atoms with Gasteiger partial charge in [0.05, 0.1) is 38.1 Å². The fourth-order valence-corrected chi connectivity index (χ4v) is 1.61. The molecule has 1 unspecified atom stereocenters. The Bertz CT molecular complexity index is 194. The third kappa shape index (κ3) is 7.71. The van der Waals surface area contributed by atoms with E-state index in [0.717, 1.165) is 26.1 Å². The summed E-state index contributed by atoms with van der Waals surface area (Å²) in [5.74, 6) is 0. The summed E-state index contributed by atoms with van der Waals surface area (Å²) in [6.45, 7) is 10.3. The van der Waals surface area contributed by atoms with Crippen molar-refractivity contribution in [2.24, 2.45) is 0 Å². The van der Waals surface area contributed by atoms with E-state index in [1.54, 1.807) is 0 Å². The van der Waals surface area contributed by atoms with E-state index in [4.69, 9.17) is 18.9 Å². The average Bonchev–Trinajstić information content (AvgIpc) is 2.25. The van der Waals surface area contributed by atoms with Gasteiger partial charge in [-0.2, -0.15) is 0 Å². The van der Waals surface area contributed by atoms with Gasteiger partial charge in [-0.1, -0.05) is 0 Å². The molecule has 1 saturated heterocycles. The zero-order valence-corrected chi connectivity index (χ0v) is 11.4. The first-order valence-electron chi connectivity index (χ1n) is 6.51. The summed E-state index contributed by atoms with van der Waals surface area (Å²) in [5, 5.41) is 0. The molecule has 1 aliphatic heterocycles. The Kier molecular flexibility index (Phi) is 7.04. The summed E-state index contributed by atoms with van der Waals surface area (Å²) in [7, 11) is 0. The number of hydrogen-bond acceptors (Lipinski definition) is 4. The van der Waals surface area contributed by atoms with Gasteiger partial charge in [-0.25, -0.2) is 0 Å². The molecule has 1 fully saturated rings. The molecular formula is C13H26O4. The number of ether oxygens (including phenoxy) is 4. The number of hydrogen-bond donors (Lipinski definition) is 0. The van der Waals surface area contributed by atoms with Crippen molar-refractivity contribution in [2.45, 2.75) is 45.3 Å². The van der Waals surface area contributed by atoms with Gasteiger partial charge in [0.2, 0.25) is 0 Å². The van der Waals surface area contributed by atoms with Crippen LogP contribution < -0.4 is 0 Å². The minimum absolute atomic E-state index is 0.135. The van der Waals surface area contributed by atoms with Crippen molar-refractivity contribution < 1.29 is 18.9 Å². The van der Waals surface area contributed by atoms with Crippen molar-refractivity contribution >= 4 is 0 Å². The van der Waals surface area contributed by atoms with Crippen molar-refractivity contribution in [3.8, 4) is 0 Å². The molecule has 0 bridgehead atoms. The zero-order valence-electron chi connectivity index (χ0n) is 11.4. The van der Waals surface area contributed by atoms with Gasteiger partial charge in [0.15, 0.2) is 0 Å². The van der Waals surface area contributed by atoms with Crippen LogP contribution in [0.4, 0.5) is 0 Å². The van der Waals surface area contributed by atoms with Crippen LogP contribution in [-0.2, 0) is 18.9 Å². The lowest BCUT2D eigenvalue weighted by Gasteiger charge is -2.26. The fraction of sp³-hybridized carbons (Fsp3) is 1.00. The smallest absolute Gasteiger partial charge is 0.0707 e. The summed E-state index contributed by atoms with van der Waals surface area (Å²) in [6.07, 6.45) is 2.08. The third-order valence-corrected chi connectivity index (χ3v) is 2.87. The van der Waals surface area contributed by atoms with E-state index >= 15 is 0 Å². The van der Waals surface area contributed by atoms with Crippen LogP contribution in [0.25, 0.3) is 0 Å². The second kappa shape index (κ2) is 8.03. The molecule has 17 heavy (non-hydrogen) atoms. The Morgan fingerprint density at radius 1 is 0.882 bits per heavy atom.